The number of rotatable bonds is 21. The summed E-state index contributed by atoms with van der Waals surface area (Å²) in [6.07, 6.45) is -61.0. The van der Waals surface area contributed by atoms with Crippen LogP contribution in [0.2, 0.25) is 0 Å². The number of carbonyl (C=O) groups is 2. The summed E-state index contributed by atoms with van der Waals surface area (Å²) in [5, 5.41) is 225. The molecule has 22 N–H and O–H groups in total. The van der Waals surface area contributed by atoms with Crippen molar-refractivity contribution in [3.63, 3.8) is 0 Å². The molecule has 442 valence electrons. The number of carbonyl (C=O) groups excluding carboxylic acids is 1. The van der Waals surface area contributed by atoms with Crippen LogP contribution in [0.5, 0.6) is 0 Å². The molecule has 35 heteroatoms. The van der Waals surface area contributed by atoms with Crippen LogP contribution in [0.1, 0.15) is 13.3 Å². The molecule has 6 heterocycles. The lowest BCUT2D eigenvalue weighted by Crippen LogP contribution is -2.72. The molecule has 0 unspecified atom stereocenters. The SMILES string of the molecule is CC(=O)N[C@H]1[C@H]([C@H](O)[C@H](O)CO)O[C@@](O[C@@H]2[C@H](O)[C@@H](O)[C@H](O[C@H]3[C@H](O)[C@@H](O)[C@H](O)O[C@@H]3CO)O[C@@H]2CO)(C(=O)O)C[C@@H]1O[C@H]1O[C@H](CO)[C@H](O)[C@H](O[C@H]2O[C@H](CO)[C@H](O)[C@H](O[C@@H]3O[C@@H]([C@H](O)CO)[C@H](O)[C@H]3O)[C@H]2O)[C@H]1O. The molecule has 0 bridgehead atoms. The number of hydrogen-bond acceptors (Lipinski definition) is 33. The molecule has 31 atom stereocenters. The van der Waals surface area contributed by atoms with Crippen molar-refractivity contribution in [2.75, 3.05) is 39.6 Å². The van der Waals surface area contributed by atoms with E-state index in [1.165, 1.54) is 0 Å². The van der Waals surface area contributed by atoms with Gasteiger partial charge in [-0.1, -0.05) is 0 Å². The van der Waals surface area contributed by atoms with E-state index in [2.05, 4.69) is 5.32 Å². The van der Waals surface area contributed by atoms with Gasteiger partial charge in [-0.2, -0.15) is 0 Å². The third-order valence-electron chi connectivity index (χ3n) is 13.8. The number of carboxylic acid groups (broad SMARTS) is 1. The molecular weight excluding hydrogens is 1050 g/mol. The second-order valence-corrected chi connectivity index (χ2v) is 18.9. The van der Waals surface area contributed by atoms with Crippen molar-refractivity contribution in [3.8, 4) is 0 Å². The van der Waals surface area contributed by atoms with E-state index in [-0.39, 0.29) is 0 Å². The molecule has 0 radical (unpaired) electrons. The van der Waals surface area contributed by atoms with Gasteiger partial charge in [0.2, 0.25) is 5.91 Å². The number of aliphatic carboxylic acids is 1. The summed E-state index contributed by atoms with van der Waals surface area (Å²) in [7, 11) is 0. The number of nitrogens with one attached hydrogen (secondary N) is 1. The second kappa shape index (κ2) is 26.5. The van der Waals surface area contributed by atoms with Gasteiger partial charge in [-0.15, -0.1) is 0 Å². The fourth-order valence-electron chi connectivity index (χ4n) is 9.62. The van der Waals surface area contributed by atoms with Crippen molar-refractivity contribution < 1.29 is 169 Å². The van der Waals surface area contributed by atoms with Crippen molar-refractivity contribution in [1.29, 1.82) is 0 Å². The highest BCUT2D eigenvalue weighted by molar-refractivity contribution is 5.76. The summed E-state index contributed by atoms with van der Waals surface area (Å²) in [5.41, 5.74) is 0. The van der Waals surface area contributed by atoms with Gasteiger partial charge in [0.05, 0.1) is 51.8 Å². The number of carboxylic acids is 1. The molecule has 6 rings (SSSR count). The van der Waals surface area contributed by atoms with Gasteiger partial charge in [-0.25, -0.2) is 4.79 Å². The van der Waals surface area contributed by atoms with Crippen LogP contribution in [-0.2, 0) is 61.7 Å². The molecule has 1 amide bonds. The molecule has 6 fully saturated rings. The van der Waals surface area contributed by atoms with E-state index < -0.39 is 248 Å². The number of amides is 1. The summed E-state index contributed by atoms with van der Waals surface area (Å²) < 4.78 is 61.6. The van der Waals surface area contributed by atoms with E-state index in [1.807, 2.05) is 0 Å². The first-order valence-electron chi connectivity index (χ1n) is 23.8. The minimum Gasteiger partial charge on any atom is -0.477 e. The normalized spacial score (nSPS) is 48.5. The van der Waals surface area contributed by atoms with Crippen LogP contribution in [0.15, 0.2) is 0 Å². The molecule has 0 saturated carbocycles. The third-order valence-corrected chi connectivity index (χ3v) is 13.8. The van der Waals surface area contributed by atoms with Crippen LogP contribution < -0.4 is 5.32 Å². The van der Waals surface area contributed by atoms with Crippen molar-refractivity contribution in [2.24, 2.45) is 0 Å². The molecule has 0 aliphatic carbocycles. The summed E-state index contributed by atoms with van der Waals surface area (Å²) >= 11 is 0. The van der Waals surface area contributed by atoms with Crippen LogP contribution in [0.3, 0.4) is 0 Å². The van der Waals surface area contributed by atoms with Crippen LogP contribution in [0.4, 0.5) is 0 Å². The van der Waals surface area contributed by atoms with Gasteiger partial charge >= 0.3 is 5.97 Å². The largest absolute Gasteiger partial charge is 0.477 e. The van der Waals surface area contributed by atoms with Gasteiger partial charge in [0, 0.05) is 13.3 Å². The monoisotopic (exact) mass is 1120 g/mol. The van der Waals surface area contributed by atoms with Gasteiger partial charge in [-0.05, 0) is 0 Å². The van der Waals surface area contributed by atoms with Crippen LogP contribution >= 0.6 is 0 Å². The second-order valence-electron chi connectivity index (χ2n) is 18.9. The highest BCUT2D eigenvalue weighted by atomic mass is 16.8. The summed E-state index contributed by atoms with van der Waals surface area (Å²) in [5.74, 6) is -6.50. The Balaban J connectivity index is 1.30. The van der Waals surface area contributed by atoms with Crippen molar-refractivity contribution in [2.45, 2.75) is 203 Å². The maximum Gasteiger partial charge on any atom is 0.364 e. The lowest BCUT2D eigenvalue weighted by Gasteiger charge is -2.52. The molecule has 6 aliphatic heterocycles. The highest BCUT2D eigenvalue weighted by Crippen LogP contribution is 2.41. The zero-order valence-electron chi connectivity index (χ0n) is 40.0. The Hall–Kier alpha value is -2.30. The number of hydrogen-bond donors (Lipinski definition) is 22. The highest BCUT2D eigenvalue weighted by Gasteiger charge is 2.62. The van der Waals surface area contributed by atoms with Crippen molar-refractivity contribution in [1.82, 2.24) is 5.32 Å². The third kappa shape index (κ3) is 12.9. The number of aliphatic hydroxyl groups is 20. The quantitative estimate of drug-likeness (QED) is 0.0507. The Morgan fingerprint density at radius 2 is 0.987 bits per heavy atom. The lowest BCUT2D eigenvalue weighted by molar-refractivity contribution is -0.394. The first kappa shape index (κ1) is 62.9. The van der Waals surface area contributed by atoms with E-state index in [0.717, 1.165) is 6.92 Å². The maximum atomic E-state index is 13.5. The predicted molar refractivity (Wildman–Crippen MR) is 228 cm³/mol. The molecule has 0 aromatic rings. The fourth-order valence-corrected chi connectivity index (χ4v) is 9.62. The molecule has 0 aromatic heterocycles. The van der Waals surface area contributed by atoms with E-state index in [0.29, 0.717) is 0 Å². The van der Waals surface area contributed by atoms with Crippen molar-refractivity contribution in [3.05, 3.63) is 0 Å². The molecule has 6 aliphatic rings. The average molecular weight is 1120 g/mol. The number of aliphatic hydroxyl groups excluding tert-OH is 20. The van der Waals surface area contributed by atoms with Crippen LogP contribution in [0, 0.1) is 0 Å². The molecule has 0 spiro atoms. The Bertz CT molecular complexity index is 1850. The zero-order valence-corrected chi connectivity index (χ0v) is 40.0. The molecule has 35 nitrogen and oxygen atoms in total. The van der Waals surface area contributed by atoms with E-state index >= 15 is 0 Å². The predicted octanol–water partition coefficient (Wildman–Crippen LogP) is -14.8. The Labute approximate surface area is 428 Å². The van der Waals surface area contributed by atoms with Gasteiger partial charge in [0.1, 0.15) is 140 Å². The van der Waals surface area contributed by atoms with E-state index in [9.17, 15) is 117 Å². The fraction of sp³-hybridized carbons (Fsp3) is 0.951. The summed E-state index contributed by atoms with van der Waals surface area (Å²) in [6.45, 7) is -5.62. The minimum atomic E-state index is -3.37. The zero-order chi connectivity index (χ0) is 56.4. The van der Waals surface area contributed by atoms with Gasteiger partial charge in [0.25, 0.3) is 5.79 Å². The smallest absolute Gasteiger partial charge is 0.364 e. The molecule has 0 aromatic carbocycles. The Morgan fingerprint density at radius 1 is 0.526 bits per heavy atom. The summed E-state index contributed by atoms with van der Waals surface area (Å²) in [6, 6.07) is -1.90. The van der Waals surface area contributed by atoms with E-state index in [4.69, 9.17) is 52.1 Å². The Kier molecular flexibility index (Phi) is 22.0. The van der Waals surface area contributed by atoms with Gasteiger partial charge in [0.15, 0.2) is 31.5 Å². The van der Waals surface area contributed by atoms with E-state index in [1.54, 1.807) is 0 Å². The average Bonchev–Trinajstić information content (AvgIpc) is 3.68. The van der Waals surface area contributed by atoms with Crippen LogP contribution in [-0.4, -0.2) is 349 Å². The minimum absolute atomic E-state index is 0.916. The van der Waals surface area contributed by atoms with Crippen LogP contribution in [0.25, 0.3) is 0 Å². The van der Waals surface area contributed by atoms with Crippen molar-refractivity contribution >= 4 is 11.9 Å². The maximum absolute atomic E-state index is 13.5. The van der Waals surface area contributed by atoms with Gasteiger partial charge < -0.3 is 165 Å². The topological polar surface area (TPSA) is 573 Å². The standard InChI is InChI=1S/C41H69NO34/c1-9(49)42-17-12(67-38-27(61)33(19(53)13(5-45)68-38)74-39-28(62)34(20(54)14(6-46)69-39)73-37-25(59)22(56)29(71-37)11(51)4-44)2-41(40(64)65,76-32(17)18(52)10(50)3-43)75-31-16(8-48)70-36(26(60)23(31)57)72-30-15(7-47)66-35(63)24(58)21(30)55/h10-39,43-48,50-63H,2-8H2,1H3,(H,42,49)(H,64,65)/t10-,11-,12+,13-,14-,15-,16-,17-,18-,19+,20+,21-,22-,23-,24-,25-,26-,27-,28-,29+,30-,31+,32-,33+,34+,35-,36+,37+,38+,39-,41-/m1/s1. The Morgan fingerprint density at radius 3 is 1.49 bits per heavy atom. The molecule has 76 heavy (non-hydrogen) atoms. The lowest BCUT2D eigenvalue weighted by atomic mass is 9.87. The summed E-state index contributed by atoms with van der Waals surface area (Å²) in [4.78, 5) is 26.3. The first-order chi connectivity index (χ1) is 35.8. The molecule has 6 saturated heterocycles. The molecular formula is C41H69NO34. The first-order valence-corrected chi connectivity index (χ1v) is 23.8. The number of ether oxygens (including phenoxy) is 11. The van der Waals surface area contributed by atoms with Gasteiger partial charge in [-0.3, -0.25) is 4.79 Å².